The smallest absolute Gasteiger partial charge is 0.303 e. The molecule has 1 aliphatic heterocycles. The molecule has 2 heterocycles. The second-order valence-corrected chi connectivity index (χ2v) is 11.5. The minimum Gasteiger partial charge on any atom is -0.497 e. The average molecular weight is 485 g/mol. The van der Waals surface area contributed by atoms with Crippen LogP contribution in [0.15, 0.2) is 30.5 Å². The highest BCUT2D eigenvalue weighted by Crippen LogP contribution is 2.33. The van der Waals surface area contributed by atoms with E-state index < -0.39 is 5.97 Å². The van der Waals surface area contributed by atoms with Gasteiger partial charge in [-0.1, -0.05) is 12.8 Å². The molecule has 2 fully saturated rings. The third-order valence-corrected chi connectivity index (χ3v) is 9.19. The number of aryl methyl sites for hydroxylation is 1. The fourth-order valence-electron chi connectivity index (χ4n) is 5.86. The topological polar surface area (TPSA) is 62.7 Å². The molecule has 2 atom stereocenters. The number of ether oxygens (including phenoxy) is 1. The van der Waals surface area contributed by atoms with Gasteiger partial charge in [0.15, 0.2) is 0 Å². The molecule has 1 N–H and O–H groups in total. The molecule has 2 aliphatic rings. The minimum atomic E-state index is -0.662. The summed E-state index contributed by atoms with van der Waals surface area (Å²) >= 11 is 2.16. The van der Waals surface area contributed by atoms with E-state index in [9.17, 15) is 9.90 Å². The van der Waals surface area contributed by atoms with Gasteiger partial charge in [-0.15, -0.1) is 0 Å². The highest BCUT2D eigenvalue weighted by Gasteiger charge is 2.29. The second-order valence-electron chi connectivity index (χ2n) is 10.1. The van der Waals surface area contributed by atoms with Gasteiger partial charge in [0.2, 0.25) is 0 Å². The lowest BCUT2D eigenvalue weighted by Crippen LogP contribution is -2.41. The highest BCUT2D eigenvalue weighted by molar-refractivity contribution is 7.99. The molecule has 6 heteroatoms. The van der Waals surface area contributed by atoms with Crippen molar-refractivity contribution in [2.24, 2.45) is 11.8 Å². The number of carboxylic acid groups (broad SMARTS) is 1. The van der Waals surface area contributed by atoms with Gasteiger partial charge in [0.25, 0.3) is 0 Å². The molecular formula is C28H40N2O3S. The standard InChI is InChI=1S/C28H40N2O3S/c1-33-24-10-11-27-26(19-24)22(13-15-29-27)6-4-5-21-14-16-30(20-23(21)9-12-28(31)32)17-18-34-25-7-2-3-8-25/h10-11,13,15,19,21,23,25H,2-9,12,14,16-18,20H2,1H3,(H,31,32). The number of hydrogen-bond donors (Lipinski definition) is 1. The van der Waals surface area contributed by atoms with Gasteiger partial charge >= 0.3 is 5.97 Å². The van der Waals surface area contributed by atoms with Crippen LogP contribution in [0.25, 0.3) is 10.9 Å². The lowest BCUT2D eigenvalue weighted by Gasteiger charge is -2.39. The Kier molecular flexibility index (Phi) is 9.51. The van der Waals surface area contributed by atoms with E-state index in [2.05, 4.69) is 33.8 Å². The number of fused-ring (bicyclic) bond motifs is 1. The molecule has 1 saturated heterocycles. The van der Waals surface area contributed by atoms with Crippen molar-refractivity contribution in [2.45, 2.75) is 69.5 Å². The number of pyridine rings is 1. The van der Waals surface area contributed by atoms with E-state index in [4.69, 9.17) is 4.74 Å². The third kappa shape index (κ3) is 7.11. The Bertz CT molecular complexity index is 931. The van der Waals surface area contributed by atoms with Crippen LogP contribution >= 0.6 is 11.8 Å². The maximum Gasteiger partial charge on any atom is 0.303 e. The first-order valence-corrected chi connectivity index (χ1v) is 14.1. The lowest BCUT2D eigenvalue weighted by molar-refractivity contribution is -0.137. The van der Waals surface area contributed by atoms with E-state index in [1.807, 2.05) is 18.3 Å². The van der Waals surface area contributed by atoms with Crippen LogP contribution in [-0.2, 0) is 11.2 Å². The Morgan fingerprint density at radius 3 is 2.82 bits per heavy atom. The van der Waals surface area contributed by atoms with Gasteiger partial charge in [-0.05, 0) is 93.2 Å². The number of carbonyl (C=O) groups is 1. The number of likely N-dealkylation sites (tertiary alicyclic amines) is 1. The van der Waals surface area contributed by atoms with E-state index in [0.717, 1.165) is 55.4 Å². The molecule has 34 heavy (non-hydrogen) atoms. The summed E-state index contributed by atoms with van der Waals surface area (Å²) in [6, 6.07) is 8.22. The van der Waals surface area contributed by atoms with E-state index >= 15 is 0 Å². The van der Waals surface area contributed by atoms with Gasteiger partial charge in [-0.3, -0.25) is 9.78 Å². The lowest BCUT2D eigenvalue weighted by atomic mass is 9.79. The van der Waals surface area contributed by atoms with Gasteiger partial charge in [0.1, 0.15) is 5.75 Å². The Balaban J connectivity index is 1.30. The van der Waals surface area contributed by atoms with Crippen molar-refractivity contribution in [1.29, 1.82) is 0 Å². The first kappa shape index (κ1) is 25.3. The number of thioether (sulfide) groups is 1. The summed E-state index contributed by atoms with van der Waals surface area (Å²) in [7, 11) is 1.70. The van der Waals surface area contributed by atoms with Gasteiger partial charge in [0.05, 0.1) is 12.6 Å². The number of aromatic nitrogens is 1. The summed E-state index contributed by atoms with van der Waals surface area (Å²) in [5.74, 6) is 2.55. The number of carboxylic acids is 1. The van der Waals surface area contributed by atoms with Gasteiger partial charge in [-0.2, -0.15) is 11.8 Å². The largest absolute Gasteiger partial charge is 0.497 e. The summed E-state index contributed by atoms with van der Waals surface area (Å²) in [5.41, 5.74) is 2.34. The fourth-order valence-corrected chi connectivity index (χ4v) is 7.22. The first-order valence-electron chi connectivity index (χ1n) is 13.1. The number of rotatable bonds is 12. The molecule has 4 rings (SSSR count). The van der Waals surface area contributed by atoms with Crippen LogP contribution < -0.4 is 4.74 Å². The third-order valence-electron chi connectivity index (χ3n) is 7.83. The predicted molar refractivity (Wildman–Crippen MR) is 141 cm³/mol. The molecule has 2 aromatic rings. The Hall–Kier alpha value is -1.79. The molecule has 186 valence electrons. The molecule has 2 unspecified atom stereocenters. The molecule has 0 bridgehead atoms. The highest BCUT2D eigenvalue weighted by atomic mass is 32.2. The van der Waals surface area contributed by atoms with Crippen LogP contribution in [0.1, 0.15) is 63.4 Å². The number of benzene rings is 1. The normalized spacial score (nSPS) is 21.8. The first-order chi connectivity index (χ1) is 16.6. The van der Waals surface area contributed by atoms with Crippen molar-refractivity contribution in [1.82, 2.24) is 9.88 Å². The SMILES string of the molecule is COc1ccc2nccc(CCCC3CCN(CCSC4CCCC4)CC3CCC(=O)O)c2c1. The average Bonchev–Trinajstić information content (AvgIpc) is 3.37. The van der Waals surface area contributed by atoms with E-state index in [-0.39, 0.29) is 0 Å². The molecule has 1 aliphatic carbocycles. The van der Waals surface area contributed by atoms with Crippen molar-refractivity contribution < 1.29 is 14.6 Å². The molecule has 1 aromatic carbocycles. The molecular weight excluding hydrogens is 444 g/mol. The van der Waals surface area contributed by atoms with E-state index in [1.54, 1.807) is 7.11 Å². The number of hydrogen-bond acceptors (Lipinski definition) is 5. The van der Waals surface area contributed by atoms with Crippen molar-refractivity contribution in [2.75, 3.05) is 32.5 Å². The Labute approximate surface area is 208 Å². The summed E-state index contributed by atoms with van der Waals surface area (Å²) in [6.45, 7) is 3.38. The summed E-state index contributed by atoms with van der Waals surface area (Å²) in [5, 5.41) is 11.4. The molecule has 0 amide bonds. The Morgan fingerprint density at radius 1 is 1.18 bits per heavy atom. The van der Waals surface area contributed by atoms with Crippen LogP contribution in [0.2, 0.25) is 0 Å². The zero-order valence-corrected chi connectivity index (χ0v) is 21.4. The second kappa shape index (κ2) is 12.8. The summed E-state index contributed by atoms with van der Waals surface area (Å²) in [6.07, 6.45) is 13.1. The van der Waals surface area contributed by atoms with E-state index in [0.29, 0.717) is 18.3 Å². The van der Waals surface area contributed by atoms with Crippen molar-refractivity contribution in [3.63, 3.8) is 0 Å². The monoisotopic (exact) mass is 484 g/mol. The number of piperidine rings is 1. The quantitative estimate of drug-likeness (QED) is 0.396. The molecule has 5 nitrogen and oxygen atoms in total. The van der Waals surface area contributed by atoms with E-state index in [1.165, 1.54) is 55.2 Å². The molecule has 0 radical (unpaired) electrons. The van der Waals surface area contributed by atoms with Gasteiger partial charge < -0.3 is 14.7 Å². The van der Waals surface area contributed by atoms with Crippen LogP contribution in [0.5, 0.6) is 5.75 Å². The fraction of sp³-hybridized carbons (Fsp3) is 0.643. The molecule has 0 spiro atoms. The van der Waals surface area contributed by atoms with Crippen LogP contribution in [0, 0.1) is 11.8 Å². The zero-order valence-electron chi connectivity index (χ0n) is 20.6. The minimum absolute atomic E-state index is 0.292. The predicted octanol–water partition coefficient (Wildman–Crippen LogP) is 6.04. The molecule has 1 saturated carbocycles. The Morgan fingerprint density at radius 2 is 2.03 bits per heavy atom. The summed E-state index contributed by atoms with van der Waals surface area (Å²) in [4.78, 5) is 18.4. The number of methoxy groups -OCH3 is 1. The number of aliphatic carboxylic acids is 1. The summed E-state index contributed by atoms with van der Waals surface area (Å²) < 4.78 is 5.42. The van der Waals surface area contributed by atoms with Crippen LogP contribution in [0.3, 0.4) is 0 Å². The van der Waals surface area contributed by atoms with Gasteiger partial charge in [-0.25, -0.2) is 0 Å². The van der Waals surface area contributed by atoms with Crippen molar-refractivity contribution >= 4 is 28.6 Å². The molecule has 1 aromatic heterocycles. The van der Waals surface area contributed by atoms with Crippen molar-refractivity contribution in [3.8, 4) is 5.75 Å². The van der Waals surface area contributed by atoms with Crippen molar-refractivity contribution in [3.05, 3.63) is 36.0 Å². The van der Waals surface area contributed by atoms with Crippen LogP contribution in [-0.4, -0.2) is 58.7 Å². The maximum absolute atomic E-state index is 11.3. The number of nitrogens with zero attached hydrogens (tertiary/aromatic N) is 2. The maximum atomic E-state index is 11.3. The van der Waals surface area contributed by atoms with Gasteiger partial charge in [0, 0.05) is 42.1 Å². The zero-order chi connectivity index (χ0) is 23.8. The van der Waals surface area contributed by atoms with Crippen LogP contribution in [0.4, 0.5) is 0 Å².